The molecule has 0 bridgehead atoms. The summed E-state index contributed by atoms with van der Waals surface area (Å²) < 4.78 is 31.6. The van der Waals surface area contributed by atoms with E-state index in [0.717, 1.165) is 0 Å². The first-order valence-electron chi connectivity index (χ1n) is 3.61. The van der Waals surface area contributed by atoms with Gasteiger partial charge in [0, 0.05) is 0 Å². The molecule has 0 aliphatic heterocycles. The monoisotopic (exact) mass is 176 g/mol. The van der Waals surface area contributed by atoms with Gasteiger partial charge in [0.2, 0.25) is 0 Å². The Morgan fingerprint density at radius 2 is 1.64 bits per heavy atom. The van der Waals surface area contributed by atoms with Gasteiger partial charge in [0.25, 0.3) is 0 Å². The van der Waals surface area contributed by atoms with Gasteiger partial charge in [-0.3, -0.25) is 9.11 Å². The Balaban J connectivity index is 0. The third kappa shape index (κ3) is 62.4. The van der Waals surface area contributed by atoms with E-state index in [1.807, 2.05) is 0 Å². The van der Waals surface area contributed by atoms with Crippen molar-refractivity contribution < 1.29 is 17.5 Å². The molecule has 0 atom stereocenters. The van der Waals surface area contributed by atoms with Crippen LogP contribution < -0.4 is 0 Å². The van der Waals surface area contributed by atoms with Gasteiger partial charge in [-0.2, -0.15) is 8.42 Å². The molecule has 0 saturated carbocycles. The molecule has 0 fully saturated rings. The van der Waals surface area contributed by atoms with Crippen molar-refractivity contribution in [3.05, 3.63) is 0 Å². The standard InChI is InChI=1S/C5H11.Li.H2O4S/c1-3-5-4-2;;1-5(2,3)4/h1,3-5H2,2H3;;(H2,1,2,3,4). The van der Waals surface area contributed by atoms with Crippen LogP contribution in [0.3, 0.4) is 0 Å². The maximum absolute atomic E-state index is 8.74. The quantitative estimate of drug-likeness (QED) is 0.383. The first-order valence-corrected chi connectivity index (χ1v) is 5.01. The van der Waals surface area contributed by atoms with Gasteiger partial charge in [-0.15, -0.1) is 0 Å². The van der Waals surface area contributed by atoms with Gasteiger partial charge >= 0.3 is 59.4 Å². The summed E-state index contributed by atoms with van der Waals surface area (Å²) in [4.78, 5) is 0. The van der Waals surface area contributed by atoms with E-state index in [4.69, 9.17) is 17.5 Å². The van der Waals surface area contributed by atoms with Crippen molar-refractivity contribution in [3.8, 4) is 0 Å². The molecule has 0 spiro atoms. The molecule has 0 aromatic rings. The van der Waals surface area contributed by atoms with Crippen LogP contribution in [0.1, 0.15) is 26.2 Å². The molecular formula is C5H13LiO4S. The van der Waals surface area contributed by atoms with Gasteiger partial charge in [-0.05, 0) is 0 Å². The van der Waals surface area contributed by atoms with Gasteiger partial charge in [-0.1, -0.05) is 0 Å². The Bertz CT molecular complexity index is 142. The Hall–Kier alpha value is 0.467. The van der Waals surface area contributed by atoms with E-state index >= 15 is 0 Å². The number of hydrogen-bond donors (Lipinski definition) is 2. The van der Waals surface area contributed by atoms with Crippen LogP contribution in [-0.2, 0) is 10.4 Å². The first kappa shape index (κ1) is 14.0. The molecule has 0 heterocycles. The second-order valence-electron chi connectivity index (χ2n) is 2.15. The van der Waals surface area contributed by atoms with Crippen LogP contribution in [0, 0.1) is 0 Å². The normalized spacial score (nSPS) is 10.3. The second kappa shape index (κ2) is 8.56. The van der Waals surface area contributed by atoms with Crippen LogP contribution >= 0.6 is 0 Å². The van der Waals surface area contributed by atoms with Crippen molar-refractivity contribution in [1.29, 1.82) is 0 Å². The molecule has 0 aromatic heterocycles. The minimum atomic E-state index is -4.67. The van der Waals surface area contributed by atoms with Gasteiger partial charge in [-0.25, -0.2) is 0 Å². The van der Waals surface area contributed by atoms with Crippen LogP contribution in [0.25, 0.3) is 0 Å². The Morgan fingerprint density at radius 3 is 1.73 bits per heavy atom. The van der Waals surface area contributed by atoms with Gasteiger partial charge < -0.3 is 0 Å². The van der Waals surface area contributed by atoms with Crippen LogP contribution in [0.4, 0.5) is 0 Å². The molecule has 2 N–H and O–H groups in total. The molecule has 0 radical (unpaired) electrons. The van der Waals surface area contributed by atoms with Crippen LogP contribution in [0.15, 0.2) is 0 Å². The number of unbranched alkanes of at least 4 members (excludes halogenated alkanes) is 2. The summed E-state index contributed by atoms with van der Waals surface area (Å²) in [6.45, 7) is 2.23. The molecule has 6 heteroatoms. The maximum atomic E-state index is 8.74. The topological polar surface area (TPSA) is 74.6 Å². The van der Waals surface area contributed by atoms with Crippen molar-refractivity contribution in [3.63, 3.8) is 0 Å². The van der Waals surface area contributed by atoms with Crippen LogP contribution in [0.2, 0.25) is 5.09 Å². The number of rotatable bonds is 3. The fourth-order valence-electron chi connectivity index (χ4n) is 0.500. The molecule has 0 amide bonds. The molecule has 0 aromatic carbocycles. The molecule has 0 rings (SSSR count). The molecular weight excluding hydrogens is 163 g/mol. The van der Waals surface area contributed by atoms with E-state index in [9.17, 15) is 0 Å². The summed E-state index contributed by atoms with van der Waals surface area (Å²) in [5.41, 5.74) is 0. The van der Waals surface area contributed by atoms with Gasteiger partial charge in [0.05, 0.1) is 0 Å². The average Bonchev–Trinajstić information content (AvgIpc) is 1.79. The second-order valence-corrected chi connectivity index (χ2v) is 3.05. The summed E-state index contributed by atoms with van der Waals surface area (Å²) >= 11 is 2.23. The zero-order valence-corrected chi connectivity index (χ0v) is 7.76. The fraction of sp³-hybridized carbons (Fsp3) is 1.00. The molecule has 4 nitrogen and oxygen atoms in total. The van der Waals surface area contributed by atoms with E-state index in [1.165, 1.54) is 24.4 Å². The summed E-state index contributed by atoms with van der Waals surface area (Å²) in [7, 11) is -4.67. The van der Waals surface area contributed by atoms with Crippen molar-refractivity contribution in [2.45, 2.75) is 31.3 Å². The molecule has 0 aliphatic carbocycles. The van der Waals surface area contributed by atoms with Gasteiger partial charge in [0.1, 0.15) is 0 Å². The van der Waals surface area contributed by atoms with Gasteiger partial charge in [0.15, 0.2) is 0 Å². The Kier molecular flexibility index (Phi) is 10.9. The summed E-state index contributed by atoms with van der Waals surface area (Å²) in [5.74, 6) is 0. The average molecular weight is 176 g/mol. The van der Waals surface area contributed by atoms with E-state index < -0.39 is 10.4 Å². The predicted molar refractivity (Wildman–Crippen MR) is 44.3 cm³/mol. The van der Waals surface area contributed by atoms with E-state index in [1.54, 1.807) is 0 Å². The van der Waals surface area contributed by atoms with E-state index in [-0.39, 0.29) is 0 Å². The van der Waals surface area contributed by atoms with E-state index in [0.29, 0.717) is 0 Å². The molecule has 0 unspecified atom stereocenters. The minimum absolute atomic E-state index is 1.36. The van der Waals surface area contributed by atoms with Crippen LogP contribution in [-0.4, -0.2) is 35.2 Å². The molecule has 0 aliphatic rings. The molecule has 64 valence electrons. The van der Waals surface area contributed by atoms with Crippen molar-refractivity contribution >= 4 is 28.1 Å². The Labute approximate surface area is 77.2 Å². The summed E-state index contributed by atoms with van der Waals surface area (Å²) in [5, 5.41) is 1.36. The Morgan fingerprint density at radius 1 is 1.27 bits per heavy atom. The van der Waals surface area contributed by atoms with Crippen LogP contribution in [0.5, 0.6) is 0 Å². The molecule has 0 saturated heterocycles. The zero-order valence-electron chi connectivity index (χ0n) is 6.95. The predicted octanol–water partition coefficient (Wildman–Crippen LogP) is 1.11. The zero-order chi connectivity index (χ0) is 9.33. The summed E-state index contributed by atoms with van der Waals surface area (Å²) in [6, 6.07) is 0. The molecule has 11 heavy (non-hydrogen) atoms. The van der Waals surface area contributed by atoms with Crippen molar-refractivity contribution in [2.24, 2.45) is 0 Å². The van der Waals surface area contributed by atoms with Crippen molar-refractivity contribution in [2.75, 3.05) is 0 Å². The number of hydrogen-bond acceptors (Lipinski definition) is 2. The third-order valence-electron chi connectivity index (χ3n) is 0.957. The SMILES string of the molecule is O=S(=O)(O)O.[Li][CH2]CCCC. The fourth-order valence-corrected chi connectivity index (χ4v) is 0.500. The third-order valence-corrected chi connectivity index (χ3v) is 0.957. The van der Waals surface area contributed by atoms with Crippen molar-refractivity contribution in [1.82, 2.24) is 0 Å². The summed E-state index contributed by atoms with van der Waals surface area (Å²) in [6.07, 6.45) is 4.18. The van der Waals surface area contributed by atoms with E-state index in [2.05, 4.69) is 24.6 Å². The first-order chi connectivity index (χ1) is 4.91.